The number of ether oxygens (including phenoxy) is 2. The van der Waals surface area contributed by atoms with Crippen LogP contribution in [0.1, 0.15) is 31.3 Å². The first-order valence-electron chi connectivity index (χ1n) is 8.34. The van der Waals surface area contributed by atoms with Gasteiger partial charge in [0.15, 0.2) is 11.5 Å². The molecule has 0 saturated carbocycles. The van der Waals surface area contributed by atoms with Crippen LogP contribution < -0.4 is 9.47 Å². The van der Waals surface area contributed by atoms with Crippen molar-refractivity contribution in [1.82, 2.24) is 9.88 Å². The molecule has 0 N–H and O–H groups in total. The van der Waals surface area contributed by atoms with Crippen LogP contribution in [0.3, 0.4) is 0 Å². The molecule has 0 radical (unpaired) electrons. The van der Waals surface area contributed by atoms with Crippen LogP contribution in [-0.2, 0) is 17.8 Å². The van der Waals surface area contributed by atoms with Gasteiger partial charge in [-0.15, -0.1) is 11.3 Å². The van der Waals surface area contributed by atoms with E-state index in [-0.39, 0.29) is 11.3 Å². The van der Waals surface area contributed by atoms with Crippen LogP contribution in [0.25, 0.3) is 10.6 Å². The number of amides is 1. The van der Waals surface area contributed by atoms with E-state index in [1.165, 1.54) is 4.88 Å². The van der Waals surface area contributed by atoms with Gasteiger partial charge in [0.05, 0.1) is 26.5 Å². The fourth-order valence-corrected chi connectivity index (χ4v) is 4.06. The molecule has 0 bridgehead atoms. The van der Waals surface area contributed by atoms with Gasteiger partial charge in [-0.05, 0) is 18.2 Å². The molecule has 1 aromatic heterocycles. The van der Waals surface area contributed by atoms with Gasteiger partial charge in [0.1, 0.15) is 5.01 Å². The molecule has 25 heavy (non-hydrogen) atoms. The van der Waals surface area contributed by atoms with Crippen LogP contribution >= 0.6 is 11.3 Å². The van der Waals surface area contributed by atoms with Gasteiger partial charge in [-0.25, -0.2) is 4.98 Å². The van der Waals surface area contributed by atoms with Crippen LogP contribution in [0.2, 0.25) is 0 Å². The smallest absolute Gasteiger partial charge is 0.228 e. The predicted octanol–water partition coefficient (Wildman–Crippen LogP) is 3.76. The molecular weight excluding hydrogens is 336 g/mol. The predicted molar refractivity (Wildman–Crippen MR) is 99.2 cm³/mol. The average Bonchev–Trinajstić information content (AvgIpc) is 3.02. The molecule has 0 fully saturated rings. The third-order valence-electron chi connectivity index (χ3n) is 4.29. The molecule has 6 heteroatoms. The molecule has 5 nitrogen and oxygen atoms in total. The molecule has 0 atom stereocenters. The zero-order valence-corrected chi connectivity index (χ0v) is 16.2. The summed E-state index contributed by atoms with van der Waals surface area (Å²) in [6.45, 7) is 7.28. The van der Waals surface area contributed by atoms with Gasteiger partial charge in [-0.2, -0.15) is 0 Å². The molecule has 0 unspecified atom stereocenters. The number of rotatable bonds is 3. The van der Waals surface area contributed by atoms with Gasteiger partial charge in [0.25, 0.3) is 0 Å². The van der Waals surface area contributed by atoms with Crippen molar-refractivity contribution in [3.05, 3.63) is 28.8 Å². The quantitative estimate of drug-likeness (QED) is 0.836. The monoisotopic (exact) mass is 360 g/mol. The summed E-state index contributed by atoms with van der Waals surface area (Å²) in [5, 5.41) is 0.955. The molecule has 1 aromatic carbocycles. The first-order chi connectivity index (χ1) is 11.8. The number of nitrogens with zero attached hydrogens (tertiary/aromatic N) is 2. The van der Waals surface area contributed by atoms with Crippen molar-refractivity contribution in [2.45, 2.75) is 33.7 Å². The lowest BCUT2D eigenvalue weighted by Gasteiger charge is -2.31. The topological polar surface area (TPSA) is 51.7 Å². The SMILES string of the molecule is COc1ccc(-c2nc3c(s2)CN(C(=O)C(C)(C)C)CC3)cc1OC. The third kappa shape index (κ3) is 3.49. The Bertz CT molecular complexity index is 792. The first kappa shape index (κ1) is 17.7. The summed E-state index contributed by atoms with van der Waals surface area (Å²) in [6.07, 6.45) is 0.806. The molecule has 0 saturated heterocycles. The summed E-state index contributed by atoms with van der Waals surface area (Å²) < 4.78 is 10.7. The lowest BCUT2D eigenvalue weighted by Crippen LogP contribution is -2.42. The maximum atomic E-state index is 12.5. The van der Waals surface area contributed by atoms with E-state index in [9.17, 15) is 4.79 Å². The molecule has 0 aliphatic carbocycles. The van der Waals surface area contributed by atoms with Gasteiger partial charge in [0, 0.05) is 28.8 Å². The number of hydrogen-bond acceptors (Lipinski definition) is 5. The van der Waals surface area contributed by atoms with Crippen LogP contribution in [0, 0.1) is 5.41 Å². The van der Waals surface area contributed by atoms with Crippen LogP contribution in [0.5, 0.6) is 11.5 Å². The first-order valence-corrected chi connectivity index (χ1v) is 9.15. The van der Waals surface area contributed by atoms with E-state index in [1.54, 1.807) is 25.6 Å². The Kier molecular flexibility index (Phi) is 4.73. The Hall–Kier alpha value is -2.08. The molecule has 2 heterocycles. The summed E-state index contributed by atoms with van der Waals surface area (Å²) in [5.41, 5.74) is 1.76. The standard InChI is InChI=1S/C19H24N2O3S/c1-19(2,3)18(22)21-9-8-13-16(11-21)25-17(20-13)12-6-7-14(23-4)15(10-12)24-5/h6-7,10H,8-9,11H2,1-5H3. The zero-order valence-electron chi connectivity index (χ0n) is 15.4. The Morgan fingerprint density at radius 3 is 2.56 bits per heavy atom. The second-order valence-electron chi connectivity index (χ2n) is 7.19. The van der Waals surface area contributed by atoms with Gasteiger partial charge in [-0.1, -0.05) is 20.8 Å². The van der Waals surface area contributed by atoms with Crippen molar-refractivity contribution in [3.8, 4) is 22.1 Å². The van der Waals surface area contributed by atoms with Gasteiger partial charge in [0.2, 0.25) is 5.91 Å². The van der Waals surface area contributed by atoms with Crippen LogP contribution in [-0.4, -0.2) is 36.6 Å². The molecule has 2 aromatic rings. The van der Waals surface area contributed by atoms with E-state index in [2.05, 4.69) is 0 Å². The van der Waals surface area contributed by atoms with E-state index in [0.29, 0.717) is 18.0 Å². The van der Waals surface area contributed by atoms with Crippen molar-refractivity contribution >= 4 is 17.2 Å². The number of carbonyl (C=O) groups is 1. The Labute approximate surface area is 152 Å². The summed E-state index contributed by atoms with van der Waals surface area (Å²) in [7, 11) is 3.25. The number of carbonyl (C=O) groups excluding carboxylic acids is 1. The summed E-state index contributed by atoms with van der Waals surface area (Å²) in [5.74, 6) is 1.59. The highest BCUT2D eigenvalue weighted by molar-refractivity contribution is 7.15. The highest BCUT2D eigenvalue weighted by Gasteiger charge is 2.31. The molecule has 1 aliphatic heterocycles. The molecule has 1 aliphatic rings. The largest absolute Gasteiger partial charge is 0.493 e. The fourth-order valence-electron chi connectivity index (χ4n) is 2.94. The number of methoxy groups -OCH3 is 2. The van der Waals surface area contributed by atoms with Crippen LogP contribution in [0.4, 0.5) is 0 Å². The lowest BCUT2D eigenvalue weighted by atomic mass is 9.94. The third-order valence-corrected chi connectivity index (χ3v) is 5.42. The fraction of sp³-hybridized carbons (Fsp3) is 0.474. The lowest BCUT2D eigenvalue weighted by molar-refractivity contribution is -0.140. The van der Waals surface area contributed by atoms with E-state index >= 15 is 0 Å². The number of aromatic nitrogens is 1. The molecule has 1 amide bonds. The van der Waals surface area contributed by atoms with Crippen molar-refractivity contribution in [2.24, 2.45) is 5.41 Å². The van der Waals surface area contributed by atoms with E-state index in [4.69, 9.17) is 14.5 Å². The summed E-state index contributed by atoms with van der Waals surface area (Å²) in [4.78, 5) is 20.5. The summed E-state index contributed by atoms with van der Waals surface area (Å²) >= 11 is 1.65. The van der Waals surface area contributed by atoms with Gasteiger partial charge in [-0.3, -0.25) is 4.79 Å². The highest BCUT2D eigenvalue weighted by Crippen LogP contribution is 2.37. The van der Waals surface area contributed by atoms with Crippen molar-refractivity contribution in [1.29, 1.82) is 0 Å². The number of thiazole rings is 1. The minimum Gasteiger partial charge on any atom is -0.493 e. The van der Waals surface area contributed by atoms with E-state index in [1.807, 2.05) is 43.9 Å². The number of hydrogen-bond donors (Lipinski definition) is 0. The molecule has 0 spiro atoms. The highest BCUT2D eigenvalue weighted by atomic mass is 32.1. The zero-order chi connectivity index (χ0) is 18.2. The van der Waals surface area contributed by atoms with E-state index in [0.717, 1.165) is 29.2 Å². The minimum atomic E-state index is -0.353. The Morgan fingerprint density at radius 2 is 1.92 bits per heavy atom. The second-order valence-corrected chi connectivity index (χ2v) is 8.27. The average molecular weight is 360 g/mol. The normalized spacial score (nSPS) is 14.2. The van der Waals surface area contributed by atoms with Crippen molar-refractivity contribution in [3.63, 3.8) is 0 Å². The van der Waals surface area contributed by atoms with E-state index < -0.39 is 0 Å². The summed E-state index contributed by atoms with van der Waals surface area (Å²) in [6, 6.07) is 5.83. The second kappa shape index (κ2) is 6.67. The van der Waals surface area contributed by atoms with Crippen molar-refractivity contribution in [2.75, 3.05) is 20.8 Å². The molecular formula is C19H24N2O3S. The Balaban J connectivity index is 1.87. The van der Waals surface area contributed by atoms with Gasteiger partial charge >= 0.3 is 0 Å². The molecule has 3 rings (SSSR count). The maximum Gasteiger partial charge on any atom is 0.228 e. The number of fused-ring (bicyclic) bond motifs is 1. The van der Waals surface area contributed by atoms with Crippen molar-refractivity contribution < 1.29 is 14.3 Å². The van der Waals surface area contributed by atoms with Gasteiger partial charge < -0.3 is 14.4 Å². The number of benzene rings is 1. The Morgan fingerprint density at radius 1 is 1.20 bits per heavy atom. The van der Waals surface area contributed by atoms with Crippen LogP contribution in [0.15, 0.2) is 18.2 Å². The minimum absolute atomic E-state index is 0.194. The maximum absolute atomic E-state index is 12.5. The molecule has 134 valence electrons.